The van der Waals surface area contributed by atoms with E-state index < -0.39 is 0 Å². The van der Waals surface area contributed by atoms with Crippen LogP contribution in [0.15, 0.2) is 58.1 Å². The Bertz CT molecular complexity index is 778. The first-order valence-corrected chi connectivity index (χ1v) is 6.97. The van der Waals surface area contributed by atoms with Crippen molar-refractivity contribution in [2.45, 2.75) is 19.5 Å². The van der Waals surface area contributed by atoms with Crippen molar-refractivity contribution in [3.8, 4) is 0 Å². The van der Waals surface area contributed by atoms with E-state index in [-0.39, 0.29) is 11.6 Å². The largest absolute Gasteiger partial charge is 0.468 e. The summed E-state index contributed by atoms with van der Waals surface area (Å²) in [6.07, 6.45) is 3.38. The Morgan fingerprint density at radius 2 is 2.14 bits per heavy atom. The smallest absolute Gasteiger partial charge is 0.274 e. The Morgan fingerprint density at radius 1 is 1.29 bits per heavy atom. The normalized spacial score (nSPS) is 12.6. The van der Waals surface area contributed by atoms with Crippen LogP contribution in [0.1, 0.15) is 18.7 Å². The van der Waals surface area contributed by atoms with Crippen LogP contribution in [0.25, 0.3) is 10.8 Å². The predicted molar refractivity (Wildman–Crippen MR) is 81.1 cm³/mol. The summed E-state index contributed by atoms with van der Waals surface area (Å²) in [5.74, 6) is 0.883. The van der Waals surface area contributed by atoms with Crippen molar-refractivity contribution in [2.75, 3.05) is 6.54 Å². The van der Waals surface area contributed by atoms with Gasteiger partial charge in [0.25, 0.3) is 5.56 Å². The number of nitrogens with one attached hydrogen (secondary N) is 1. The van der Waals surface area contributed by atoms with Crippen LogP contribution in [0.4, 0.5) is 0 Å². The summed E-state index contributed by atoms with van der Waals surface area (Å²) in [4.78, 5) is 12.3. The molecule has 0 bridgehead atoms. The fraction of sp³-hybridized carbons (Fsp3) is 0.250. The van der Waals surface area contributed by atoms with Crippen molar-refractivity contribution in [3.05, 3.63) is 65.0 Å². The lowest BCUT2D eigenvalue weighted by atomic mass is 10.2. The molecule has 1 aromatic carbocycles. The van der Waals surface area contributed by atoms with Crippen LogP contribution in [0, 0.1) is 0 Å². The topological polar surface area (TPSA) is 60.1 Å². The van der Waals surface area contributed by atoms with Gasteiger partial charge in [-0.1, -0.05) is 18.2 Å². The first-order chi connectivity index (χ1) is 10.3. The van der Waals surface area contributed by atoms with Crippen molar-refractivity contribution in [2.24, 2.45) is 0 Å². The van der Waals surface area contributed by atoms with Gasteiger partial charge in [-0.25, -0.2) is 4.68 Å². The maximum Gasteiger partial charge on any atom is 0.274 e. The second-order valence-electron chi connectivity index (χ2n) is 4.95. The number of furan rings is 1. The van der Waals surface area contributed by atoms with E-state index in [2.05, 4.69) is 10.4 Å². The molecule has 1 N–H and O–H groups in total. The van der Waals surface area contributed by atoms with E-state index in [0.29, 0.717) is 18.5 Å². The Kier molecular flexibility index (Phi) is 3.83. The second kappa shape index (κ2) is 5.93. The summed E-state index contributed by atoms with van der Waals surface area (Å²) >= 11 is 0. The number of nitrogens with zero attached hydrogens (tertiary/aromatic N) is 2. The number of rotatable bonds is 5. The third kappa shape index (κ3) is 2.87. The van der Waals surface area contributed by atoms with Crippen LogP contribution < -0.4 is 10.9 Å². The van der Waals surface area contributed by atoms with Gasteiger partial charge >= 0.3 is 0 Å². The van der Waals surface area contributed by atoms with Crippen molar-refractivity contribution >= 4 is 10.8 Å². The van der Waals surface area contributed by atoms with Gasteiger partial charge in [0.2, 0.25) is 0 Å². The van der Waals surface area contributed by atoms with E-state index in [1.807, 2.05) is 43.3 Å². The summed E-state index contributed by atoms with van der Waals surface area (Å²) in [6, 6.07) is 11.4. The lowest BCUT2D eigenvalue weighted by molar-refractivity contribution is 0.416. The van der Waals surface area contributed by atoms with Crippen LogP contribution in [0.5, 0.6) is 0 Å². The molecular formula is C16H17N3O2. The third-order valence-corrected chi connectivity index (χ3v) is 3.51. The summed E-state index contributed by atoms with van der Waals surface area (Å²) in [7, 11) is 0. The molecule has 3 aromatic rings. The SMILES string of the molecule is CC(NCCn1ncc2ccccc2c1=O)c1ccco1. The Hall–Kier alpha value is -2.40. The molecule has 3 rings (SSSR count). The molecule has 0 radical (unpaired) electrons. The van der Waals surface area contributed by atoms with E-state index in [0.717, 1.165) is 11.1 Å². The highest BCUT2D eigenvalue weighted by molar-refractivity contribution is 5.80. The van der Waals surface area contributed by atoms with Gasteiger partial charge in [0.05, 0.1) is 30.4 Å². The number of hydrogen-bond acceptors (Lipinski definition) is 4. The molecule has 1 atom stereocenters. The van der Waals surface area contributed by atoms with Crippen LogP contribution in [-0.4, -0.2) is 16.3 Å². The molecule has 108 valence electrons. The zero-order valence-electron chi connectivity index (χ0n) is 11.8. The first kappa shape index (κ1) is 13.6. The van der Waals surface area contributed by atoms with Gasteiger partial charge in [0.15, 0.2) is 0 Å². The molecule has 2 heterocycles. The molecule has 1 unspecified atom stereocenters. The third-order valence-electron chi connectivity index (χ3n) is 3.51. The van der Waals surface area contributed by atoms with E-state index in [1.165, 1.54) is 4.68 Å². The molecule has 0 aliphatic rings. The summed E-state index contributed by atoms with van der Waals surface area (Å²) < 4.78 is 6.82. The van der Waals surface area contributed by atoms with Crippen LogP contribution in [0.2, 0.25) is 0 Å². The number of aromatic nitrogens is 2. The standard InChI is InChI=1S/C16H17N3O2/c1-12(15-7-4-10-21-15)17-8-9-19-16(20)14-6-3-2-5-13(14)11-18-19/h2-7,10-12,17H,8-9H2,1H3. The van der Waals surface area contributed by atoms with E-state index in [1.54, 1.807) is 12.5 Å². The zero-order chi connectivity index (χ0) is 14.7. The van der Waals surface area contributed by atoms with Gasteiger partial charge in [-0.05, 0) is 25.1 Å². The molecule has 0 aliphatic carbocycles. The molecule has 0 fully saturated rings. The van der Waals surface area contributed by atoms with Gasteiger partial charge in [-0.15, -0.1) is 0 Å². The average molecular weight is 283 g/mol. The average Bonchev–Trinajstić information content (AvgIpc) is 3.04. The molecule has 0 amide bonds. The van der Waals surface area contributed by atoms with Crippen molar-refractivity contribution in [1.29, 1.82) is 0 Å². The monoisotopic (exact) mass is 283 g/mol. The number of benzene rings is 1. The van der Waals surface area contributed by atoms with E-state index >= 15 is 0 Å². The molecule has 5 heteroatoms. The van der Waals surface area contributed by atoms with Gasteiger partial charge in [0, 0.05) is 11.9 Å². The molecule has 0 spiro atoms. The highest BCUT2D eigenvalue weighted by atomic mass is 16.3. The van der Waals surface area contributed by atoms with Crippen molar-refractivity contribution in [1.82, 2.24) is 15.1 Å². The van der Waals surface area contributed by atoms with Gasteiger partial charge < -0.3 is 9.73 Å². The number of fused-ring (bicyclic) bond motifs is 1. The highest BCUT2D eigenvalue weighted by Gasteiger charge is 2.08. The second-order valence-corrected chi connectivity index (χ2v) is 4.95. The molecular weight excluding hydrogens is 266 g/mol. The molecule has 0 saturated heterocycles. The summed E-state index contributed by atoms with van der Waals surface area (Å²) in [5, 5.41) is 9.09. The molecule has 2 aromatic heterocycles. The molecule has 5 nitrogen and oxygen atoms in total. The van der Waals surface area contributed by atoms with Crippen LogP contribution in [0.3, 0.4) is 0 Å². The van der Waals surface area contributed by atoms with Crippen molar-refractivity contribution < 1.29 is 4.42 Å². The molecule has 0 aliphatic heterocycles. The number of hydrogen-bond donors (Lipinski definition) is 1. The molecule has 21 heavy (non-hydrogen) atoms. The maximum absolute atomic E-state index is 12.3. The minimum absolute atomic E-state index is 0.0550. The minimum Gasteiger partial charge on any atom is -0.468 e. The van der Waals surface area contributed by atoms with Gasteiger partial charge in [-0.2, -0.15) is 5.10 Å². The highest BCUT2D eigenvalue weighted by Crippen LogP contribution is 2.11. The Morgan fingerprint density at radius 3 is 2.95 bits per heavy atom. The first-order valence-electron chi connectivity index (χ1n) is 6.97. The predicted octanol–water partition coefficient (Wildman–Crippen LogP) is 2.34. The van der Waals surface area contributed by atoms with Crippen LogP contribution in [-0.2, 0) is 6.54 Å². The lowest BCUT2D eigenvalue weighted by Crippen LogP contribution is -2.30. The van der Waals surface area contributed by atoms with Gasteiger partial charge in [-0.3, -0.25) is 4.79 Å². The zero-order valence-corrected chi connectivity index (χ0v) is 11.8. The van der Waals surface area contributed by atoms with Gasteiger partial charge in [0.1, 0.15) is 5.76 Å². The summed E-state index contributed by atoms with van der Waals surface area (Å²) in [6.45, 7) is 3.19. The van der Waals surface area contributed by atoms with Crippen molar-refractivity contribution in [3.63, 3.8) is 0 Å². The Labute approximate surface area is 122 Å². The fourth-order valence-electron chi connectivity index (χ4n) is 2.31. The lowest BCUT2D eigenvalue weighted by Gasteiger charge is -2.12. The fourth-order valence-corrected chi connectivity index (χ4v) is 2.31. The quantitative estimate of drug-likeness (QED) is 0.780. The van der Waals surface area contributed by atoms with E-state index in [9.17, 15) is 4.79 Å². The van der Waals surface area contributed by atoms with Crippen LogP contribution >= 0.6 is 0 Å². The van der Waals surface area contributed by atoms with E-state index in [4.69, 9.17) is 4.42 Å². The summed E-state index contributed by atoms with van der Waals surface area (Å²) in [5.41, 5.74) is -0.0550. The molecule has 0 saturated carbocycles. The minimum atomic E-state index is -0.0550. The maximum atomic E-state index is 12.3. The Balaban J connectivity index is 1.68.